The van der Waals surface area contributed by atoms with E-state index in [1.165, 1.54) is 12.1 Å². The lowest BCUT2D eigenvalue weighted by molar-refractivity contribution is -0.120. The quantitative estimate of drug-likeness (QED) is 0.673. The van der Waals surface area contributed by atoms with Crippen LogP contribution in [0.1, 0.15) is 35.2 Å². The molecule has 1 aromatic rings. The van der Waals surface area contributed by atoms with Crippen LogP contribution in [0.3, 0.4) is 0 Å². The number of rotatable bonds is 9. The minimum atomic E-state index is -0.966. The minimum Gasteiger partial charge on any atom is -0.478 e. The summed E-state index contributed by atoms with van der Waals surface area (Å²) in [4.78, 5) is 22.6. The maximum Gasteiger partial charge on any atom is 0.335 e. The normalized spacial score (nSPS) is 15.2. The first kappa shape index (κ1) is 18.4. The smallest absolute Gasteiger partial charge is 0.335 e. The fourth-order valence-electron chi connectivity index (χ4n) is 2.58. The van der Waals surface area contributed by atoms with Gasteiger partial charge in [0.25, 0.3) is 0 Å². The number of carboxylic acid groups (broad SMARTS) is 1. The highest BCUT2D eigenvalue weighted by Crippen LogP contribution is 2.14. The van der Waals surface area contributed by atoms with Crippen molar-refractivity contribution in [2.75, 3.05) is 33.0 Å². The first-order chi connectivity index (χ1) is 11.6. The van der Waals surface area contributed by atoms with E-state index < -0.39 is 5.97 Å². The molecule has 0 radical (unpaired) electrons. The minimum absolute atomic E-state index is 0.0671. The predicted molar refractivity (Wildman–Crippen MR) is 89.1 cm³/mol. The molecule has 1 aliphatic rings. The summed E-state index contributed by atoms with van der Waals surface area (Å²) in [6.45, 7) is 3.66. The second-order valence-corrected chi connectivity index (χ2v) is 6.01. The van der Waals surface area contributed by atoms with Crippen LogP contribution in [-0.2, 0) is 20.7 Å². The van der Waals surface area contributed by atoms with E-state index in [9.17, 15) is 9.59 Å². The fraction of sp³-hybridized carbons (Fsp3) is 0.556. The third-order valence-electron chi connectivity index (χ3n) is 4.05. The number of nitrogens with one attached hydrogen (secondary N) is 1. The average molecular weight is 335 g/mol. The molecule has 1 fully saturated rings. The van der Waals surface area contributed by atoms with Gasteiger partial charge in [-0.1, -0.05) is 12.1 Å². The lowest BCUT2D eigenvalue weighted by Gasteiger charge is -2.21. The molecule has 0 atom stereocenters. The highest BCUT2D eigenvalue weighted by atomic mass is 16.5. The summed E-state index contributed by atoms with van der Waals surface area (Å²) in [5.41, 5.74) is 1.02. The van der Waals surface area contributed by atoms with Crippen molar-refractivity contribution in [3.05, 3.63) is 35.4 Å². The molecular weight excluding hydrogens is 310 g/mol. The van der Waals surface area contributed by atoms with E-state index in [1.807, 2.05) is 0 Å². The topological polar surface area (TPSA) is 84.9 Å². The molecule has 0 bridgehead atoms. The third-order valence-corrected chi connectivity index (χ3v) is 4.05. The van der Waals surface area contributed by atoms with Crippen molar-refractivity contribution in [1.82, 2.24) is 5.32 Å². The van der Waals surface area contributed by atoms with Gasteiger partial charge >= 0.3 is 5.97 Å². The van der Waals surface area contributed by atoms with E-state index in [0.29, 0.717) is 19.1 Å². The summed E-state index contributed by atoms with van der Waals surface area (Å²) < 4.78 is 11.0. The molecule has 6 nitrogen and oxygen atoms in total. The molecule has 2 rings (SSSR count). The fourth-order valence-corrected chi connectivity index (χ4v) is 2.58. The number of carbonyl (C=O) groups is 2. The lowest BCUT2D eigenvalue weighted by atomic mass is 10.0. The number of hydrogen-bond acceptors (Lipinski definition) is 4. The number of benzene rings is 1. The Morgan fingerprint density at radius 2 is 1.92 bits per heavy atom. The van der Waals surface area contributed by atoms with Crippen LogP contribution in [0.4, 0.5) is 0 Å². The van der Waals surface area contributed by atoms with Crippen LogP contribution in [-0.4, -0.2) is 50.0 Å². The van der Waals surface area contributed by atoms with Gasteiger partial charge in [0.15, 0.2) is 0 Å². The van der Waals surface area contributed by atoms with Crippen LogP contribution in [0.25, 0.3) is 0 Å². The Labute approximate surface area is 142 Å². The molecule has 6 heteroatoms. The SMILES string of the molecule is O=C(Cc1ccc(C(=O)O)cc1)NCCCOCC1CCOCC1. The largest absolute Gasteiger partial charge is 0.478 e. The Morgan fingerprint density at radius 3 is 2.58 bits per heavy atom. The molecule has 0 saturated carbocycles. The summed E-state index contributed by atoms with van der Waals surface area (Å²) in [7, 11) is 0. The molecule has 24 heavy (non-hydrogen) atoms. The molecule has 1 amide bonds. The molecule has 0 aromatic heterocycles. The van der Waals surface area contributed by atoms with Crippen molar-refractivity contribution in [2.24, 2.45) is 5.92 Å². The number of aromatic carboxylic acids is 1. The summed E-state index contributed by atoms with van der Waals surface area (Å²) in [6.07, 6.45) is 3.17. The summed E-state index contributed by atoms with van der Waals surface area (Å²) in [5, 5.41) is 11.7. The number of hydrogen-bond donors (Lipinski definition) is 2. The van der Waals surface area contributed by atoms with Crippen LogP contribution in [0.5, 0.6) is 0 Å². The zero-order valence-corrected chi connectivity index (χ0v) is 13.8. The van der Waals surface area contributed by atoms with Gasteiger partial charge in [-0.15, -0.1) is 0 Å². The Balaban J connectivity index is 1.53. The summed E-state index contributed by atoms with van der Waals surface area (Å²) >= 11 is 0. The van der Waals surface area contributed by atoms with Gasteiger partial charge < -0.3 is 19.9 Å². The monoisotopic (exact) mass is 335 g/mol. The van der Waals surface area contributed by atoms with Crippen molar-refractivity contribution in [3.8, 4) is 0 Å². The van der Waals surface area contributed by atoms with Crippen molar-refractivity contribution in [2.45, 2.75) is 25.7 Å². The van der Waals surface area contributed by atoms with Gasteiger partial charge in [0.2, 0.25) is 5.91 Å². The Kier molecular flexibility index (Phi) is 7.71. The van der Waals surface area contributed by atoms with Crippen LogP contribution >= 0.6 is 0 Å². The maximum absolute atomic E-state index is 11.8. The van der Waals surface area contributed by atoms with Gasteiger partial charge in [-0.2, -0.15) is 0 Å². The number of carbonyl (C=O) groups excluding carboxylic acids is 1. The number of ether oxygens (including phenoxy) is 2. The van der Waals surface area contributed by atoms with E-state index in [2.05, 4.69) is 5.32 Å². The Bertz CT molecular complexity index is 523. The Morgan fingerprint density at radius 1 is 1.21 bits per heavy atom. The maximum atomic E-state index is 11.8. The van der Waals surface area contributed by atoms with Crippen molar-refractivity contribution >= 4 is 11.9 Å². The third kappa shape index (κ3) is 6.68. The second kappa shape index (κ2) is 10.1. The van der Waals surface area contributed by atoms with Gasteiger partial charge in [0, 0.05) is 33.0 Å². The second-order valence-electron chi connectivity index (χ2n) is 6.01. The van der Waals surface area contributed by atoms with Crippen LogP contribution < -0.4 is 5.32 Å². The van der Waals surface area contributed by atoms with E-state index in [4.69, 9.17) is 14.6 Å². The van der Waals surface area contributed by atoms with Crippen LogP contribution in [0, 0.1) is 5.92 Å². The molecule has 1 saturated heterocycles. The summed E-state index contributed by atoms with van der Waals surface area (Å²) in [6, 6.07) is 6.35. The highest BCUT2D eigenvalue weighted by molar-refractivity contribution is 5.87. The molecule has 1 aliphatic heterocycles. The Hall–Kier alpha value is -1.92. The molecule has 132 valence electrons. The van der Waals surface area contributed by atoms with Gasteiger partial charge in [-0.3, -0.25) is 4.79 Å². The van der Waals surface area contributed by atoms with Crippen LogP contribution in [0.2, 0.25) is 0 Å². The van der Waals surface area contributed by atoms with Crippen LogP contribution in [0.15, 0.2) is 24.3 Å². The predicted octanol–water partition coefficient (Wildman–Crippen LogP) is 1.88. The van der Waals surface area contributed by atoms with Gasteiger partial charge in [-0.25, -0.2) is 4.79 Å². The molecule has 1 aromatic carbocycles. The van der Waals surface area contributed by atoms with E-state index >= 15 is 0 Å². The van der Waals surface area contributed by atoms with Gasteiger partial charge in [0.05, 0.1) is 12.0 Å². The van der Waals surface area contributed by atoms with Gasteiger partial charge in [-0.05, 0) is 42.9 Å². The number of amides is 1. The first-order valence-electron chi connectivity index (χ1n) is 8.39. The van der Waals surface area contributed by atoms with E-state index in [-0.39, 0.29) is 17.9 Å². The molecule has 1 heterocycles. The number of carboxylic acids is 1. The lowest BCUT2D eigenvalue weighted by Crippen LogP contribution is -2.27. The molecule has 0 spiro atoms. The zero-order chi connectivity index (χ0) is 17.2. The van der Waals surface area contributed by atoms with Crippen molar-refractivity contribution in [1.29, 1.82) is 0 Å². The summed E-state index contributed by atoms with van der Waals surface area (Å²) in [5.74, 6) is -0.434. The first-order valence-corrected chi connectivity index (χ1v) is 8.39. The molecule has 0 aliphatic carbocycles. The average Bonchev–Trinajstić information content (AvgIpc) is 2.59. The zero-order valence-electron chi connectivity index (χ0n) is 13.8. The van der Waals surface area contributed by atoms with E-state index in [0.717, 1.165) is 44.6 Å². The van der Waals surface area contributed by atoms with Gasteiger partial charge in [0.1, 0.15) is 0 Å². The van der Waals surface area contributed by atoms with Crippen molar-refractivity contribution < 1.29 is 24.2 Å². The van der Waals surface area contributed by atoms with Crippen molar-refractivity contribution in [3.63, 3.8) is 0 Å². The highest BCUT2D eigenvalue weighted by Gasteiger charge is 2.13. The van der Waals surface area contributed by atoms with E-state index in [1.54, 1.807) is 12.1 Å². The molecule has 0 unspecified atom stereocenters. The standard InChI is InChI=1S/C18H25NO5/c20-17(12-14-2-4-16(5-3-14)18(21)22)19-8-1-9-24-13-15-6-10-23-11-7-15/h2-5,15H,1,6-13H2,(H,19,20)(H,21,22). The molecular formula is C18H25NO5. The molecule has 2 N–H and O–H groups in total.